The Balaban J connectivity index is 1.10. The van der Waals surface area contributed by atoms with Gasteiger partial charge in [-0.2, -0.15) is 0 Å². The Morgan fingerprint density at radius 1 is 0.392 bits per heavy atom. The lowest BCUT2D eigenvalue weighted by molar-refractivity contribution is 1.02. The van der Waals surface area contributed by atoms with Crippen LogP contribution in [-0.2, 0) is 0 Å². The Morgan fingerprint density at radius 2 is 1.06 bits per heavy atom. The number of para-hydroxylation sites is 1. The van der Waals surface area contributed by atoms with E-state index in [4.69, 9.17) is 0 Å². The Labute approximate surface area is 300 Å². The minimum atomic E-state index is 0.221. The summed E-state index contributed by atoms with van der Waals surface area (Å²) in [6, 6.07) is 67.4. The highest BCUT2D eigenvalue weighted by molar-refractivity contribution is 7.25. The van der Waals surface area contributed by atoms with Crippen molar-refractivity contribution in [3.05, 3.63) is 199 Å². The van der Waals surface area contributed by atoms with Crippen molar-refractivity contribution in [1.29, 1.82) is 0 Å². The maximum atomic E-state index is 2.44. The Morgan fingerprint density at radius 3 is 1.96 bits per heavy atom. The molecule has 0 saturated carbocycles. The molecule has 0 saturated heterocycles. The fourth-order valence-electron chi connectivity index (χ4n) is 8.73. The van der Waals surface area contributed by atoms with Gasteiger partial charge in [-0.05, 0) is 92.5 Å². The van der Waals surface area contributed by atoms with Crippen LogP contribution in [0.3, 0.4) is 0 Å². The largest absolute Gasteiger partial charge is 0.309 e. The summed E-state index contributed by atoms with van der Waals surface area (Å²) >= 11 is 1.87. The molecule has 0 spiro atoms. The summed E-state index contributed by atoms with van der Waals surface area (Å²) in [5, 5.41) is 5.17. The van der Waals surface area contributed by atoms with Crippen LogP contribution in [0, 0.1) is 0 Å². The number of nitrogens with zero attached hydrogens (tertiary/aromatic N) is 1. The molecule has 8 aromatic carbocycles. The highest BCUT2D eigenvalue weighted by Crippen LogP contribution is 2.52. The number of hydrogen-bond donors (Lipinski definition) is 0. The van der Waals surface area contributed by atoms with Crippen molar-refractivity contribution in [3.8, 4) is 39.1 Å². The lowest BCUT2D eigenvalue weighted by Gasteiger charge is -2.17. The quantitative estimate of drug-likeness (QED) is 0.176. The van der Waals surface area contributed by atoms with Gasteiger partial charge in [0.1, 0.15) is 0 Å². The second-order valence-corrected chi connectivity index (χ2v) is 14.7. The average molecular weight is 666 g/mol. The van der Waals surface area contributed by atoms with E-state index in [-0.39, 0.29) is 5.92 Å². The summed E-state index contributed by atoms with van der Waals surface area (Å²) in [7, 11) is 0. The van der Waals surface area contributed by atoms with Crippen LogP contribution in [0.25, 0.3) is 81.0 Å². The molecule has 0 fully saturated rings. The highest BCUT2D eigenvalue weighted by Gasteiger charge is 2.32. The van der Waals surface area contributed by atoms with Gasteiger partial charge in [0.15, 0.2) is 0 Å². The van der Waals surface area contributed by atoms with Gasteiger partial charge >= 0.3 is 0 Å². The third-order valence-electron chi connectivity index (χ3n) is 10.9. The van der Waals surface area contributed by atoms with Crippen molar-refractivity contribution >= 4 is 53.3 Å². The summed E-state index contributed by atoms with van der Waals surface area (Å²) in [5.41, 5.74) is 15.4. The van der Waals surface area contributed by atoms with Gasteiger partial charge in [-0.3, -0.25) is 0 Å². The van der Waals surface area contributed by atoms with Crippen LogP contribution in [0.4, 0.5) is 0 Å². The maximum absolute atomic E-state index is 2.44. The smallest absolute Gasteiger partial charge is 0.0541 e. The number of fused-ring (bicyclic) bond motifs is 9. The molecule has 0 bridgehead atoms. The number of thiophene rings is 1. The van der Waals surface area contributed by atoms with Crippen LogP contribution in [0.2, 0.25) is 0 Å². The third kappa shape index (κ3) is 4.27. The molecule has 0 amide bonds. The van der Waals surface area contributed by atoms with Gasteiger partial charge in [0.25, 0.3) is 0 Å². The molecular weight excluding hydrogens is 635 g/mol. The molecule has 1 aliphatic carbocycles. The van der Waals surface area contributed by atoms with E-state index in [0.717, 1.165) is 0 Å². The molecule has 2 heterocycles. The lowest BCUT2D eigenvalue weighted by atomic mass is 9.87. The zero-order chi connectivity index (χ0) is 33.5. The zero-order valence-corrected chi connectivity index (χ0v) is 28.6. The first-order valence-corrected chi connectivity index (χ1v) is 18.5. The second kappa shape index (κ2) is 11.1. The first-order valence-electron chi connectivity index (χ1n) is 17.6. The molecular formula is C49H31NS. The van der Waals surface area contributed by atoms with Gasteiger partial charge in [-0.1, -0.05) is 140 Å². The molecule has 1 aliphatic rings. The van der Waals surface area contributed by atoms with Gasteiger partial charge in [0.2, 0.25) is 0 Å². The van der Waals surface area contributed by atoms with E-state index in [2.05, 4.69) is 187 Å². The van der Waals surface area contributed by atoms with E-state index in [9.17, 15) is 0 Å². The summed E-state index contributed by atoms with van der Waals surface area (Å²) in [5.74, 6) is 0.221. The van der Waals surface area contributed by atoms with E-state index in [0.29, 0.717) is 0 Å². The van der Waals surface area contributed by atoms with E-state index in [1.54, 1.807) is 0 Å². The van der Waals surface area contributed by atoms with Crippen molar-refractivity contribution in [3.63, 3.8) is 0 Å². The van der Waals surface area contributed by atoms with Crippen LogP contribution >= 0.6 is 11.3 Å². The van der Waals surface area contributed by atoms with Gasteiger partial charge in [-0.15, -0.1) is 11.3 Å². The van der Waals surface area contributed by atoms with E-state index in [1.165, 1.54) is 97.7 Å². The Hall–Kier alpha value is -6.22. The minimum absolute atomic E-state index is 0.221. The van der Waals surface area contributed by atoms with E-state index >= 15 is 0 Å². The fraction of sp³-hybridized carbons (Fsp3) is 0.0204. The Bertz CT molecular complexity index is 2980. The summed E-state index contributed by atoms with van der Waals surface area (Å²) in [6.45, 7) is 0. The molecule has 1 unspecified atom stereocenters. The van der Waals surface area contributed by atoms with Gasteiger partial charge < -0.3 is 4.57 Å². The van der Waals surface area contributed by atoms with Gasteiger partial charge in [0, 0.05) is 42.6 Å². The van der Waals surface area contributed by atoms with Gasteiger partial charge in [0.05, 0.1) is 11.0 Å². The molecule has 11 rings (SSSR count). The average Bonchev–Trinajstić information content (AvgIpc) is 3.85. The van der Waals surface area contributed by atoms with Crippen molar-refractivity contribution in [2.45, 2.75) is 5.92 Å². The lowest BCUT2D eigenvalue weighted by Crippen LogP contribution is -1.98. The number of hydrogen-bond acceptors (Lipinski definition) is 1. The topological polar surface area (TPSA) is 4.93 Å². The normalized spacial score (nSPS) is 13.7. The zero-order valence-electron chi connectivity index (χ0n) is 27.8. The van der Waals surface area contributed by atoms with Gasteiger partial charge in [-0.25, -0.2) is 0 Å². The summed E-state index contributed by atoms with van der Waals surface area (Å²) in [4.78, 5) is 0. The van der Waals surface area contributed by atoms with E-state index < -0.39 is 0 Å². The first kappa shape index (κ1) is 28.6. The molecule has 1 nitrogen and oxygen atoms in total. The summed E-state index contributed by atoms with van der Waals surface area (Å²) < 4.78 is 5.10. The number of rotatable bonds is 4. The number of aromatic nitrogens is 1. The predicted octanol–water partition coefficient (Wildman–Crippen LogP) is 13.6. The standard InChI is InChI=1S/C49H31NS/c1-2-13-31(14-3-1)48-39-19-6-7-20-40(39)49-38(21-12-22-41(48)49)35-16-5-4-15-34(35)32-25-27-45-42(29-32)36-17-8-10-23-44(36)50(45)33-26-28-47-43(30-33)37-18-9-11-24-46(37)51-47/h1-30,48H. The van der Waals surface area contributed by atoms with Crippen LogP contribution in [0.1, 0.15) is 22.6 Å². The van der Waals surface area contributed by atoms with Crippen LogP contribution in [0.15, 0.2) is 182 Å². The van der Waals surface area contributed by atoms with Crippen molar-refractivity contribution in [2.75, 3.05) is 0 Å². The molecule has 0 N–H and O–H groups in total. The molecule has 0 radical (unpaired) electrons. The SMILES string of the molecule is c1ccc(C2c3ccccc3-c3c(-c4ccccc4-c4ccc5c(c4)c4ccccc4n5-c4ccc5sc6ccccc6c5c4)cccc32)cc1. The van der Waals surface area contributed by atoms with Crippen LogP contribution in [-0.4, -0.2) is 4.57 Å². The first-order chi connectivity index (χ1) is 25.3. The molecule has 10 aromatic rings. The highest BCUT2D eigenvalue weighted by atomic mass is 32.1. The van der Waals surface area contributed by atoms with Crippen molar-refractivity contribution in [1.82, 2.24) is 4.57 Å². The van der Waals surface area contributed by atoms with Crippen molar-refractivity contribution in [2.24, 2.45) is 0 Å². The molecule has 2 heteroatoms. The monoisotopic (exact) mass is 665 g/mol. The number of benzene rings is 8. The fourth-order valence-corrected chi connectivity index (χ4v) is 9.81. The van der Waals surface area contributed by atoms with E-state index in [1.807, 2.05) is 11.3 Å². The predicted molar refractivity (Wildman–Crippen MR) is 217 cm³/mol. The summed E-state index contributed by atoms with van der Waals surface area (Å²) in [6.07, 6.45) is 0. The molecule has 238 valence electrons. The minimum Gasteiger partial charge on any atom is -0.309 e. The maximum Gasteiger partial charge on any atom is 0.0541 e. The molecule has 51 heavy (non-hydrogen) atoms. The molecule has 0 aliphatic heterocycles. The van der Waals surface area contributed by atoms with Crippen molar-refractivity contribution < 1.29 is 0 Å². The van der Waals surface area contributed by atoms with Crippen LogP contribution in [0.5, 0.6) is 0 Å². The molecule has 1 atom stereocenters. The third-order valence-corrected chi connectivity index (χ3v) is 12.1. The molecule has 2 aromatic heterocycles. The second-order valence-electron chi connectivity index (χ2n) is 13.6. The Kier molecular flexibility index (Phi) is 6.25. The van der Waals surface area contributed by atoms with Crippen LogP contribution < -0.4 is 0 Å².